The Hall–Kier alpha value is -3.22. The number of amides is 1. The molecule has 0 aliphatic carbocycles. The molecule has 1 fully saturated rings. The van der Waals surface area contributed by atoms with Gasteiger partial charge in [-0.15, -0.1) is 0 Å². The molecule has 29 heavy (non-hydrogen) atoms. The molecule has 0 spiro atoms. The summed E-state index contributed by atoms with van der Waals surface area (Å²) in [6.07, 6.45) is 2.29. The van der Waals surface area contributed by atoms with E-state index in [9.17, 15) is 18.8 Å². The number of aromatic nitrogens is 2. The maximum Gasteiger partial charge on any atom is 0.336 e. The number of hydrogen-bond donors (Lipinski definition) is 0. The molecule has 0 saturated carbocycles. The molecular formula is C22H22FN3O3. The summed E-state index contributed by atoms with van der Waals surface area (Å²) in [6.45, 7) is 3.19. The van der Waals surface area contributed by atoms with Gasteiger partial charge in [0, 0.05) is 13.1 Å². The molecule has 1 saturated heterocycles. The number of nitrogens with zero attached hydrogens (tertiary/aromatic N) is 3. The third-order valence-electron chi connectivity index (χ3n) is 5.46. The maximum atomic E-state index is 13.8. The van der Waals surface area contributed by atoms with Crippen molar-refractivity contribution >= 4 is 16.8 Å². The molecule has 4 rings (SSSR count). The molecule has 2 aromatic carbocycles. The van der Waals surface area contributed by atoms with Crippen LogP contribution in [0, 0.1) is 5.82 Å². The van der Waals surface area contributed by atoms with Crippen LogP contribution >= 0.6 is 0 Å². The van der Waals surface area contributed by atoms with Crippen LogP contribution in [-0.2, 0) is 4.79 Å². The van der Waals surface area contributed by atoms with Crippen molar-refractivity contribution in [2.24, 2.45) is 0 Å². The number of rotatable bonds is 4. The molecule has 150 valence electrons. The SMILES string of the molecule is CC[C@@H](C(=O)N1CCCC1)n1c(=O)n(-c2cccc(F)c2)c(=O)c2ccccc21. The Morgan fingerprint density at radius 2 is 1.79 bits per heavy atom. The summed E-state index contributed by atoms with van der Waals surface area (Å²) >= 11 is 0. The number of para-hydroxylation sites is 1. The van der Waals surface area contributed by atoms with E-state index in [0.717, 1.165) is 23.5 Å². The summed E-state index contributed by atoms with van der Waals surface area (Å²) in [7, 11) is 0. The Kier molecular flexibility index (Phi) is 5.05. The number of likely N-dealkylation sites (tertiary alicyclic amines) is 1. The predicted octanol–water partition coefficient (Wildman–Crippen LogP) is 2.87. The minimum atomic E-state index is -0.731. The normalized spacial score (nSPS) is 15.0. The summed E-state index contributed by atoms with van der Waals surface area (Å²) < 4.78 is 16.1. The highest BCUT2D eigenvalue weighted by Gasteiger charge is 2.29. The minimum Gasteiger partial charge on any atom is -0.341 e. The van der Waals surface area contributed by atoms with E-state index >= 15 is 0 Å². The van der Waals surface area contributed by atoms with Crippen LogP contribution in [0.25, 0.3) is 16.6 Å². The van der Waals surface area contributed by atoms with Crippen molar-refractivity contribution in [3.05, 3.63) is 75.2 Å². The Morgan fingerprint density at radius 3 is 2.48 bits per heavy atom. The van der Waals surface area contributed by atoms with Crippen molar-refractivity contribution in [1.82, 2.24) is 14.0 Å². The average molecular weight is 395 g/mol. The molecule has 1 amide bonds. The number of halogens is 1. The standard InChI is InChI=1S/C22H22FN3O3/c1-2-18(21(28)24-12-5-6-13-24)26-19-11-4-3-10-17(19)20(27)25(22(26)29)16-9-7-8-15(23)14-16/h3-4,7-11,14,18H,2,5-6,12-13H2,1H3/t18-/m0/s1. The monoisotopic (exact) mass is 395 g/mol. The van der Waals surface area contributed by atoms with Crippen molar-refractivity contribution < 1.29 is 9.18 Å². The second-order valence-electron chi connectivity index (χ2n) is 7.25. The molecule has 0 unspecified atom stereocenters. The van der Waals surface area contributed by atoms with E-state index in [1.165, 1.54) is 22.8 Å². The number of benzene rings is 2. The minimum absolute atomic E-state index is 0.123. The number of carbonyl (C=O) groups is 1. The van der Waals surface area contributed by atoms with Crippen LogP contribution in [-0.4, -0.2) is 33.0 Å². The largest absolute Gasteiger partial charge is 0.341 e. The highest BCUT2D eigenvalue weighted by molar-refractivity contribution is 5.84. The van der Waals surface area contributed by atoms with E-state index in [-0.39, 0.29) is 11.6 Å². The summed E-state index contributed by atoms with van der Waals surface area (Å²) in [4.78, 5) is 41.5. The van der Waals surface area contributed by atoms with E-state index in [1.54, 1.807) is 29.2 Å². The lowest BCUT2D eigenvalue weighted by molar-refractivity contribution is -0.133. The van der Waals surface area contributed by atoms with Crippen LogP contribution in [0.2, 0.25) is 0 Å². The third kappa shape index (κ3) is 3.26. The van der Waals surface area contributed by atoms with Gasteiger partial charge in [0.25, 0.3) is 5.56 Å². The van der Waals surface area contributed by atoms with Gasteiger partial charge in [-0.3, -0.25) is 14.2 Å². The molecule has 6 nitrogen and oxygen atoms in total. The molecule has 0 N–H and O–H groups in total. The van der Waals surface area contributed by atoms with Gasteiger partial charge in [-0.2, -0.15) is 0 Å². The fraction of sp³-hybridized carbons (Fsp3) is 0.318. The lowest BCUT2D eigenvalue weighted by Crippen LogP contribution is -2.45. The zero-order chi connectivity index (χ0) is 20.5. The molecule has 1 aliphatic rings. The Bertz CT molecular complexity index is 1190. The van der Waals surface area contributed by atoms with E-state index in [0.29, 0.717) is 30.4 Å². The Labute approximate surface area is 166 Å². The van der Waals surface area contributed by atoms with Gasteiger partial charge in [0.1, 0.15) is 11.9 Å². The van der Waals surface area contributed by atoms with Gasteiger partial charge >= 0.3 is 5.69 Å². The third-order valence-corrected chi connectivity index (χ3v) is 5.46. The summed E-state index contributed by atoms with van der Waals surface area (Å²) in [5, 5.41) is 0.309. The first-order valence-corrected chi connectivity index (χ1v) is 9.84. The van der Waals surface area contributed by atoms with Crippen molar-refractivity contribution in [2.75, 3.05) is 13.1 Å². The molecule has 7 heteroatoms. The van der Waals surface area contributed by atoms with Crippen molar-refractivity contribution in [3.63, 3.8) is 0 Å². The van der Waals surface area contributed by atoms with E-state index in [2.05, 4.69) is 0 Å². The van der Waals surface area contributed by atoms with Gasteiger partial charge < -0.3 is 4.90 Å². The lowest BCUT2D eigenvalue weighted by Gasteiger charge is -2.25. The zero-order valence-corrected chi connectivity index (χ0v) is 16.2. The van der Waals surface area contributed by atoms with Crippen LogP contribution in [0.5, 0.6) is 0 Å². The van der Waals surface area contributed by atoms with Crippen LogP contribution in [0.3, 0.4) is 0 Å². The quantitative estimate of drug-likeness (QED) is 0.682. The Balaban J connectivity index is 2.01. The second-order valence-corrected chi connectivity index (χ2v) is 7.25. The van der Waals surface area contributed by atoms with Crippen LogP contribution in [0.15, 0.2) is 58.1 Å². The molecule has 3 aromatic rings. The smallest absolute Gasteiger partial charge is 0.336 e. The van der Waals surface area contributed by atoms with Gasteiger partial charge in [0.2, 0.25) is 5.91 Å². The number of carbonyl (C=O) groups excluding carboxylic acids is 1. The zero-order valence-electron chi connectivity index (χ0n) is 16.2. The summed E-state index contributed by atoms with van der Waals surface area (Å²) in [5.74, 6) is -0.671. The fourth-order valence-corrected chi connectivity index (χ4v) is 4.04. The molecule has 0 bridgehead atoms. The highest BCUT2D eigenvalue weighted by Crippen LogP contribution is 2.21. The Morgan fingerprint density at radius 1 is 1.07 bits per heavy atom. The summed E-state index contributed by atoms with van der Waals surface area (Å²) in [6, 6.07) is 11.4. The first kappa shape index (κ1) is 19.1. The van der Waals surface area contributed by atoms with E-state index in [4.69, 9.17) is 0 Å². The van der Waals surface area contributed by atoms with Crippen molar-refractivity contribution in [1.29, 1.82) is 0 Å². The van der Waals surface area contributed by atoms with Gasteiger partial charge in [0.05, 0.1) is 16.6 Å². The van der Waals surface area contributed by atoms with E-state index < -0.39 is 23.1 Å². The topological polar surface area (TPSA) is 64.3 Å². The molecule has 2 heterocycles. The molecule has 1 atom stereocenters. The van der Waals surface area contributed by atoms with Gasteiger partial charge in [0.15, 0.2) is 0 Å². The van der Waals surface area contributed by atoms with Crippen molar-refractivity contribution in [2.45, 2.75) is 32.2 Å². The number of fused-ring (bicyclic) bond motifs is 1. The second kappa shape index (κ2) is 7.66. The van der Waals surface area contributed by atoms with E-state index in [1.807, 2.05) is 6.92 Å². The first-order chi connectivity index (χ1) is 14.0. The molecule has 0 radical (unpaired) electrons. The number of hydrogen-bond acceptors (Lipinski definition) is 3. The van der Waals surface area contributed by atoms with Crippen LogP contribution in [0.1, 0.15) is 32.2 Å². The fourth-order valence-electron chi connectivity index (χ4n) is 4.04. The summed E-state index contributed by atoms with van der Waals surface area (Å²) in [5.41, 5.74) is -0.618. The van der Waals surface area contributed by atoms with Gasteiger partial charge in [-0.25, -0.2) is 13.8 Å². The van der Waals surface area contributed by atoms with Crippen LogP contribution < -0.4 is 11.2 Å². The maximum absolute atomic E-state index is 13.8. The van der Waals surface area contributed by atoms with Crippen LogP contribution in [0.4, 0.5) is 4.39 Å². The lowest BCUT2D eigenvalue weighted by atomic mass is 10.1. The first-order valence-electron chi connectivity index (χ1n) is 9.84. The molecular weight excluding hydrogens is 373 g/mol. The van der Waals surface area contributed by atoms with Gasteiger partial charge in [-0.05, 0) is 49.6 Å². The molecule has 1 aliphatic heterocycles. The van der Waals surface area contributed by atoms with Gasteiger partial charge in [-0.1, -0.05) is 25.1 Å². The van der Waals surface area contributed by atoms with Crippen molar-refractivity contribution in [3.8, 4) is 5.69 Å². The average Bonchev–Trinajstić information content (AvgIpc) is 3.26. The predicted molar refractivity (Wildman–Crippen MR) is 109 cm³/mol. The molecule has 1 aromatic heterocycles. The highest BCUT2D eigenvalue weighted by atomic mass is 19.1.